The number of nitrogens with one attached hydrogen (secondary N) is 6. The van der Waals surface area contributed by atoms with Crippen LogP contribution in [0.25, 0.3) is 0 Å². The van der Waals surface area contributed by atoms with Crippen molar-refractivity contribution in [2.24, 2.45) is 11.5 Å². The van der Waals surface area contributed by atoms with E-state index in [0.717, 1.165) is 39.0 Å². The Kier molecular flexibility index (Phi) is 17.6. The van der Waals surface area contributed by atoms with Gasteiger partial charge in [-0.1, -0.05) is 45.9 Å². The van der Waals surface area contributed by atoms with Crippen molar-refractivity contribution in [1.82, 2.24) is 36.8 Å². The summed E-state index contributed by atoms with van der Waals surface area (Å²) in [5.74, 6) is -10.9. The summed E-state index contributed by atoms with van der Waals surface area (Å²) in [5.41, 5.74) is 12.5. The maximum absolute atomic E-state index is 14.2. The molecule has 0 bridgehead atoms. The van der Waals surface area contributed by atoms with Crippen molar-refractivity contribution in [3.8, 4) is 0 Å². The van der Waals surface area contributed by atoms with Crippen molar-refractivity contribution < 1.29 is 58.2 Å². The van der Waals surface area contributed by atoms with E-state index in [1.54, 1.807) is 38.1 Å². The third-order valence-corrected chi connectivity index (χ3v) is 12.5. The van der Waals surface area contributed by atoms with E-state index < -0.39 is 120 Å². The first-order chi connectivity index (χ1) is 27.2. The zero-order valence-electron chi connectivity index (χ0n) is 31.7. The Morgan fingerprint density at radius 3 is 2.03 bits per heavy atom. The van der Waals surface area contributed by atoms with Gasteiger partial charge in [-0.2, -0.15) is 0 Å². The van der Waals surface area contributed by atoms with E-state index in [1.807, 2.05) is 0 Å². The number of benzene rings is 1. The van der Waals surface area contributed by atoms with Crippen molar-refractivity contribution in [3.63, 3.8) is 0 Å². The molecule has 1 aromatic rings. The summed E-state index contributed by atoms with van der Waals surface area (Å²) in [6.07, 6.45) is -1.77. The van der Waals surface area contributed by atoms with E-state index in [9.17, 15) is 58.2 Å². The van der Waals surface area contributed by atoms with E-state index in [-0.39, 0.29) is 30.3 Å². The zero-order chi connectivity index (χ0) is 43.3. The molecule has 0 spiro atoms. The van der Waals surface area contributed by atoms with Crippen LogP contribution in [-0.2, 0) is 60.9 Å². The van der Waals surface area contributed by atoms with Gasteiger partial charge in [-0.05, 0) is 25.0 Å². The molecule has 3 rings (SSSR count). The standard InChI is InChI=1S/C34H47N9O12S3/c1-16(44)38-22-13-57-58-14-23(33(54)55)42-29(50)20(10-26(47)48)39-25(46)12-37-28(49)19(8-17-4-6-18(11-35)7-5-17)40-31(52)27-34(2,3)56-15-43(27)32(53)21(9-24(36)45)41-30(22)51/h4-7,19-23,27H,8-15,35H2,1-3H3,(H2,36,45)(H,37,49)(H,38,44)(H,39,46)(H,40,52)(H,41,51)(H,42,50)(H,47,48)(H,54,55)/t19-,20-,21+,22-,23-,27+/m0/s1. The molecule has 8 amide bonds. The van der Waals surface area contributed by atoms with Gasteiger partial charge in [0.15, 0.2) is 0 Å². The van der Waals surface area contributed by atoms with Gasteiger partial charge in [-0.15, -0.1) is 11.8 Å². The van der Waals surface area contributed by atoms with Gasteiger partial charge in [0.2, 0.25) is 47.3 Å². The molecular formula is C34H47N9O12S3. The van der Waals surface area contributed by atoms with Crippen LogP contribution in [0.3, 0.4) is 0 Å². The number of carbonyl (C=O) groups is 10. The number of aliphatic carboxylic acids is 2. The fraction of sp³-hybridized carbons (Fsp3) is 0.529. The highest BCUT2D eigenvalue weighted by atomic mass is 33.1. The Bertz CT molecular complexity index is 1770. The van der Waals surface area contributed by atoms with E-state index in [1.165, 1.54) is 11.8 Å². The van der Waals surface area contributed by atoms with Crippen LogP contribution in [0.1, 0.15) is 44.7 Å². The molecule has 2 fully saturated rings. The van der Waals surface area contributed by atoms with Gasteiger partial charge in [0.1, 0.15) is 36.3 Å². The number of thioether (sulfide) groups is 1. The molecule has 12 N–H and O–H groups in total. The fourth-order valence-corrected chi connectivity index (χ4v) is 9.28. The molecule has 0 aromatic heterocycles. The average molecular weight is 870 g/mol. The lowest BCUT2D eigenvalue weighted by Gasteiger charge is -2.33. The van der Waals surface area contributed by atoms with E-state index >= 15 is 0 Å². The largest absolute Gasteiger partial charge is 0.481 e. The van der Waals surface area contributed by atoms with Gasteiger partial charge in [0, 0.05) is 36.1 Å². The third kappa shape index (κ3) is 14.1. The third-order valence-electron chi connectivity index (χ3n) is 8.74. The van der Waals surface area contributed by atoms with Crippen molar-refractivity contribution in [3.05, 3.63) is 35.4 Å². The fourth-order valence-electron chi connectivity index (χ4n) is 5.82. The van der Waals surface area contributed by atoms with Crippen LogP contribution in [0.2, 0.25) is 0 Å². The van der Waals surface area contributed by atoms with Crippen LogP contribution in [0.15, 0.2) is 24.3 Å². The summed E-state index contributed by atoms with van der Waals surface area (Å²) in [6, 6.07) is -2.24. The summed E-state index contributed by atoms with van der Waals surface area (Å²) in [4.78, 5) is 131. The molecule has 2 heterocycles. The zero-order valence-corrected chi connectivity index (χ0v) is 34.2. The SMILES string of the molecule is CC(=O)N[C@H]1CSSC[C@@H](C(=O)O)NC(=O)[C@H](CC(=O)O)NC(=O)CNC(=O)[C@H](Cc2ccc(CN)cc2)NC(=O)[C@H]2N(CSC2(C)C)C(=O)[C@@H](CC(N)=O)NC1=O. The van der Waals surface area contributed by atoms with Gasteiger partial charge in [-0.25, -0.2) is 4.79 Å². The van der Waals surface area contributed by atoms with Crippen molar-refractivity contribution >= 4 is 92.5 Å². The van der Waals surface area contributed by atoms with E-state index in [2.05, 4.69) is 31.9 Å². The maximum atomic E-state index is 14.2. The Labute approximate surface area is 344 Å². The smallest absolute Gasteiger partial charge is 0.327 e. The van der Waals surface area contributed by atoms with E-state index in [0.29, 0.717) is 5.56 Å². The number of hydrogen-bond donors (Lipinski definition) is 10. The summed E-state index contributed by atoms with van der Waals surface area (Å²) in [5, 5.41) is 33.5. The number of rotatable bonds is 9. The van der Waals surface area contributed by atoms with Gasteiger partial charge in [0.05, 0.1) is 25.3 Å². The van der Waals surface area contributed by atoms with Crippen molar-refractivity contribution in [2.45, 2.75) is 87.6 Å². The number of amides is 8. The second-order valence-electron chi connectivity index (χ2n) is 13.8. The number of carbonyl (C=O) groups excluding carboxylic acids is 8. The molecule has 1 aromatic carbocycles. The second-order valence-corrected chi connectivity index (χ2v) is 17.9. The number of nitrogens with two attached hydrogens (primary N) is 2. The Morgan fingerprint density at radius 2 is 1.45 bits per heavy atom. The van der Waals surface area contributed by atoms with Crippen molar-refractivity contribution in [2.75, 3.05) is 23.9 Å². The highest BCUT2D eigenvalue weighted by molar-refractivity contribution is 8.76. The summed E-state index contributed by atoms with van der Waals surface area (Å²) in [6.45, 7) is 3.91. The lowest BCUT2D eigenvalue weighted by Crippen LogP contribution is -2.61. The van der Waals surface area contributed by atoms with Crippen LogP contribution in [0.5, 0.6) is 0 Å². The number of hydrogen-bond acceptors (Lipinski definition) is 14. The first-order valence-electron chi connectivity index (χ1n) is 17.7. The highest BCUT2D eigenvalue weighted by Crippen LogP contribution is 2.40. The molecule has 0 radical (unpaired) electrons. The number of primary amides is 1. The second kappa shape index (κ2) is 21.6. The monoisotopic (exact) mass is 869 g/mol. The Morgan fingerprint density at radius 1 is 0.828 bits per heavy atom. The molecule has 0 unspecified atom stereocenters. The predicted molar refractivity (Wildman–Crippen MR) is 212 cm³/mol. The number of carboxylic acids is 2. The topological polar surface area (TPSA) is 339 Å². The van der Waals surface area contributed by atoms with Gasteiger partial charge in [-0.3, -0.25) is 43.2 Å². The lowest BCUT2D eigenvalue weighted by molar-refractivity contribution is -0.144. The molecule has 318 valence electrons. The minimum Gasteiger partial charge on any atom is -0.481 e. The van der Waals surface area contributed by atoms with E-state index in [4.69, 9.17) is 11.5 Å². The minimum atomic E-state index is -1.77. The molecule has 24 heteroatoms. The molecule has 2 aliphatic heterocycles. The molecular weight excluding hydrogens is 823 g/mol. The van der Waals surface area contributed by atoms with Gasteiger partial charge in [0.25, 0.3) is 0 Å². The van der Waals surface area contributed by atoms with Crippen LogP contribution in [0, 0.1) is 0 Å². The summed E-state index contributed by atoms with van der Waals surface area (Å²) < 4.78 is -0.989. The van der Waals surface area contributed by atoms with Crippen LogP contribution in [0.4, 0.5) is 0 Å². The summed E-state index contributed by atoms with van der Waals surface area (Å²) in [7, 11) is 1.77. The first kappa shape index (κ1) is 47.3. The number of carboxylic acid groups (broad SMARTS) is 2. The molecule has 2 aliphatic rings. The molecule has 21 nitrogen and oxygen atoms in total. The lowest BCUT2D eigenvalue weighted by atomic mass is 9.98. The average Bonchev–Trinajstić information content (AvgIpc) is 3.46. The van der Waals surface area contributed by atoms with Crippen LogP contribution in [-0.4, -0.2) is 139 Å². The predicted octanol–water partition coefficient (Wildman–Crippen LogP) is -3.24. The highest BCUT2D eigenvalue weighted by Gasteiger charge is 2.50. The van der Waals surface area contributed by atoms with Gasteiger partial charge >= 0.3 is 11.9 Å². The molecule has 58 heavy (non-hydrogen) atoms. The van der Waals surface area contributed by atoms with Crippen LogP contribution >= 0.6 is 33.3 Å². The van der Waals surface area contributed by atoms with Crippen LogP contribution < -0.4 is 43.4 Å². The number of fused-ring (bicyclic) bond motifs is 1. The quantitative estimate of drug-likeness (QED) is 0.109. The maximum Gasteiger partial charge on any atom is 0.327 e. The van der Waals surface area contributed by atoms with Gasteiger partial charge < -0.3 is 58.5 Å². The first-order valence-corrected chi connectivity index (χ1v) is 21.1. The Hall–Kier alpha value is -5.07. The number of nitrogens with zero attached hydrogens (tertiary/aromatic N) is 1. The normalized spacial score (nSPS) is 25.5. The molecule has 0 saturated carbocycles. The molecule has 6 atom stereocenters. The minimum absolute atomic E-state index is 0.0801. The molecule has 2 saturated heterocycles. The summed E-state index contributed by atoms with van der Waals surface area (Å²) >= 11 is 1.20. The molecule has 0 aliphatic carbocycles. The van der Waals surface area contributed by atoms with Crippen molar-refractivity contribution in [1.29, 1.82) is 0 Å². The Balaban J connectivity index is 2.07.